The lowest BCUT2D eigenvalue weighted by atomic mass is 10.2. The molecule has 160 valence electrons. The molecule has 0 radical (unpaired) electrons. The predicted molar refractivity (Wildman–Crippen MR) is 115 cm³/mol. The number of carbonyl (C=O) groups excluding carboxylic acids is 1. The number of carbonyl (C=O) groups is 1. The van der Waals surface area contributed by atoms with Gasteiger partial charge in [0, 0.05) is 64.1 Å². The second-order valence-electron chi connectivity index (χ2n) is 8.73. The van der Waals surface area contributed by atoms with E-state index in [0.29, 0.717) is 31.9 Å². The number of nitrogens with zero attached hydrogens (tertiary/aromatic N) is 5. The normalized spacial score (nSPS) is 18.7. The molecule has 9 heteroatoms. The highest BCUT2D eigenvalue weighted by Crippen LogP contribution is 2.24. The zero-order chi connectivity index (χ0) is 21.2. The first-order valence-corrected chi connectivity index (χ1v) is 10.2. The van der Waals surface area contributed by atoms with Gasteiger partial charge < -0.3 is 30.1 Å². The number of nitrogens with two attached hydrogens (primary N) is 1. The Morgan fingerprint density at radius 2 is 1.62 bits per heavy atom. The Hall–Kier alpha value is -2.55. The number of likely N-dealkylation sites (N-methyl/N-ethyl adjacent to an activating group) is 1. The van der Waals surface area contributed by atoms with Gasteiger partial charge in [-0.15, -0.1) is 0 Å². The second-order valence-corrected chi connectivity index (χ2v) is 8.73. The van der Waals surface area contributed by atoms with Gasteiger partial charge in [0.2, 0.25) is 0 Å². The van der Waals surface area contributed by atoms with Gasteiger partial charge in [0.05, 0.1) is 0 Å². The van der Waals surface area contributed by atoms with Crippen molar-refractivity contribution in [2.24, 2.45) is 5.73 Å². The first-order valence-electron chi connectivity index (χ1n) is 10.2. The van der Waals surface area contributed by atoms with Gasteiger partial charge in [-0.3, -0.25) is 5.41 Å². The summed E-state index contributed by atoms with van der Waals surface area (Å²) >= 11 is 0. The molecule has 0 spiro atoms. The number of amidine groups is 1. The Morgan fingerprint density at radius 1 is 1.03 bits per heavy atom. The van der Waals surface area contributed by atoms with Gasteiger partial charge >= 0.3 is 6.09 Å². The van der Waals surface area contributed by atoms with Crippen molar-refractivity contribution in [3.8, 4) is 0 Å². The summed E-state index contributed by atoms with van der Waals surface area (Å²) in [6.45, 7) is 12.0. The van der Waals surface area contributed by atoms with Crippen molar-refractivity contribution in [1.29, 1.82) is 5.41 Å². The summed E-state index contributed by atoms with van der Waals surface area (Å²) in [7, 11) is 2.13. The molecule has 2 aliphatic rings. The molecule has 0 aromatic carbocycles. The van der Waals surface area contributed by atoms with Crippen molar-refractivity contribution in [3.05, 3.63) is 17.8 Å². The van der Waals surface area contributed by atoms with Crippen LogP contribution in [0.25, 0.3) is 0 Å². The van der Waals surface area contributed by atoms with Gasteiger partial charge in [-0.05, 0) is 33.9 Å². The van der Waals surface area contributed by atoms with Gasteiger partial charge in [0.1, 0.15) is 22.9 Å². The fourth-order valence-electron chi connectivity index (χ4n) is 3.49. The average molecular weight is 404 g/mol. The molecule has 3 heterocycles. The summed E-state index contributed by atoms with van der Waals surface area (Å²) < 4.78 is 5.47. The molecule has 2 saturated heterocycles. The standard InChI is InChI=1S/C20H33N7O2/c1-20(2,3)29-19(28)27-11-9-26(10-12-27)17-14-15(13-16(23-17)18(21)22)25-7-5-24(4)6-8-25/h13-14H,5-12H2,1-4H3,(H3,21,22). The molecule has 0 atom stereocenters. The average Bonchev–Trinajstić information content (AvgIpc) is 2.67. The van der Waals surface area contributed by atoms with Crippen molar-refractivity contribution in [3.63, 3.8) is 0 Å². The Balaban J connectivity index is 1.72. The van der Waals surface area contributed by atoms with Crippen LogP contribution in [-0.4, -0.2) is 91.7 Å². The summed E-state index contributed by atoms with van der Waals surface area (Å²) in [5.41, 5.74) is 6.80. The maximum absolute atomic E-state index is 12.3. The van der Waals surface area contributed by atoms with E-state index in [1.54, 1.807) is 4.90 Å². The van der Waals surface area contributed by atoms with Crippen LogP contribution in [0, 0.1) is 5.41 Å². The zero-order valence-corrected chi connectivity index (χ0v) is 17.9. The Labute approximate surface area is 172 Å². The SMILES string of the molecule is CN1CCN(c2cc(C(=N)N)nc(N3CCN(C(=O)OC(C)(C)C)CC3)c2)CC1. The van der Waals surface area contributed by atoms with E-state index in [0.717, 1.165) is 37.7 Å². The van der Waals surface area contributed by atoms with E-state index < -0.39 is 5.60 Å². The molecular formula is C20H33N7O2. The lowest BCUT2D eigenvalue weighted by Gasteiger charge is -2.37. The highest BCUT2D eigenvalue weighted by atomic mass is 16.6. The number of anilines is 2. The maximum atomic E-state index is 12.3. The van der Waals surface area contributed by atoms with Gasteiger partial charge in [-0.1, -0.05) is 0 Å². The molecule has 29 heavy (non-hydrogen) atoms. The Kier molecular flexibility index (Phi) is 6.16. The zero-order valence-electron chi connectivity index (χ0n) is 17.9. The van der Waals surface area contributed by atoms with Crippen molar-refractivity contribution in [2.45, 2.75) is 26.4 Å². The van der Waals surface area contributed by atoms with Crippen LogP contribution in [0.4, 0.5) is 16.3 Å². The second kappa shape index (κ2) is 8.44. The van der Waals surface area contributed by atoms with Gasteiger partial charge in [0.25, 0.3) is 0 Å². The number of pyridine rings is 1. The molecule has 0 bridgehead atoms. The van der Waals surface area contributed by atoms with Crippen LogP contribution in [0.3, 0.4) is 0 Å². The van der Waals surface area contributed by atoms with E-state index in [9.17, 15) is 4.79 Å². The van der Waals surface area contributed by atoms with E-state index in [-0.39, 0.29) is 11.9 Å². The highest BCUT2D eigenvalue weighted by molar-refractivity contribution is 5.94. The summed E-state index contributed by atoms with van der Waals surface area (Å²) in [5.74, 6) is 0.769. The summed E-state index contributed by atoms with van der Waals surface area (Å²) in [6.07, 6.45) is -0.277. The minimum absolute atomic E-state index is 0.0328. The monoisotopic (exact) mass is 403 g/mol. The molecule has 0 saturated carbocycles. The Morgan fingerprint density at radius 3 is 2.17 bits per heavy atom. The lowest BCUT2D eigenvalue weighted by Crippen LogP contribution is -2.50. The smallest absolute Gasteiger partial charge is 0.410 e. The molecule has 1 aromatic heterocycles. The minimum Gasteiger partial charge on any atom is -0.444 e. The number of ether oxygens (including phenoxy) is 1. The highest BCUT2D eigenvalue weighted by Gasteiger charge is 2.27. The molecule has 1 aromatic rings. The lowest BCUT2D eigenvalue weighted by molar-refractivity contribution is 0.0240. The number of hydrogen-bond acceptors (Lipinski definition) is 7. The molecule has 3 rings (SSSR count). The number of nitrogens with one attached hydrogen (secondary N) is 1. The van der Waals surface area contributed by atoms with Crippen LogP contribution in [0.5, 0.6) is 0 Å². The first-order chi connectivity index (χ1) is 13.6. The Bertz CT molecular complexity index is 746. The van der Waals surface area contributed by atoms with E-state index in [1.807, 2.05) is 26.8 Å². The number of rotatable bonds is 3. The van der Waals surface area contributed by atoms with Crippen molar-refractivity contribution in [2.75, 3.05) is 69.2 Å². The van der Waals surface area contributed by atoms with E-state index in [2.05, 4.69) is 32.8 Å². The first kappa shape index (κ1) is 21.2. The van der Waals surface area contributed by atoms with Gasteiger partial charge in [-0.25, -0.2) is 9.78 Å². The molecule has 2 fully saturated rings. The molecule has 3 N–H and O–H groups in total. The van der Waals surface area contributed by atoms with Crippen LogP contribution in [0.2, 0.25) is 0 Å². The maximum Gasteiger partial charge on any atom is 0.410 e. The molecule has 9 nitrogen and oxygen atoms in total. The van der Waals surface area contributed by atoms with Crippen molar-refractivity contribution < 1.29 is 9.53 Å². The number of aromatic nitrogens is 1. The third-order valence-electron chi connectivity index (χ3n) is 5.20. The van der Waals surface area contributed by atoms with Gasteiger partial charge in [0.15, 0.2) is 0 Å². The number of hydrogen-bond donors (Lipinski definition) is 2. The van der Waals surface area contributed by atoms with Crippen LogP contribution >= 0.6 is 0 Å². The topological polar surface area (TPSA) is 102 Å². The van der Waals surface area contributed by atoms with Crippen LogP contribution in [0.15, 0.2) is 12.1 Å². The van der Waals surface area contributed by atoms with Crippen molar-refractivity contribution >= 4 is 23.4 Å². The minimum atomic E-state index is -0.497. The number of amides is 1. The molecule has 0 unspecified atom stereocenters. The fourth-order valence-corrected chi connectivity index (χ4v) is 3.49. The van der Waals surface area contributed by atoms with Crippen LogP contribution in [0.1, 0.15) is 26.5 Å². The molecule has 2 aliphatic heterocycles. The fraction of sp³-hybridized carbons (Fsp3) is 0.650. The van der Waals surface area contributed by atoms with E-state index in [4.69, 9.17) is 15.9 Å². The van der Waals surface area contributed by atoms with Crippen LogP contribution in [-0.2, 0) is 4.74 Å². The molecule has 1 amide bonds. The largest absolute Gasteiger partial charge is 0.444 e. The van der Waals surface area contributed by atoms with E-state index in [1.165, 1.54) is 0 Å². The van der Waals surface area contributed by atoms with Crippen molar-refractivity contribution in [1.82, 2.24) is 14.8 Å². The third kappa shape index (κ3) is 5.50. The van der Waals surface area contributed by atoms with Crippen LogP contribution < -0.4 is 15.5 Å². The quantitative estimate of drug-likeness (QED) is 0.577. The number of nitrogen functional groups attached to an aromatic ring is 1. The van der Waals surface area contributed by atoms with Gasteiger partial charge in [-0.2, -0.15) is 0 Å². The third-order valence-corrected chi connectivity index (χ3v) is 5.20. The summed E-state index contributed by atoms with van der Waals surface area (Å²) in [4.78, 5) is 25.4. The summed E-state index contributed by atoms with van der Waals surface area (Å²) in [6, 6.07) is 3.97. The molecule has 0 aliphatic carbocycles. The predicted octanol–water partition coefficient (Wildman–Crippen LogP) is 1.17. The van der Waals surface area contributed by atoms with E-state index >= 15 is 0 Å². The summed E-state index contributed by atoms with van der Waals surface area (Å²) in [5, 5.41) is 7.86. The number of piperazine rings is 2. The molecular weight excluding hydrogens is 370 g/mol.